The van der Waals surface area contributed by atoms with Crippen LogP contribution in [0, 0.1) is 11.8 Å². The first-order valence-electron chi connectivity index (χ1n) is 7.83. The molecule has 1 amide bonds. The average molecular weight is 282 g/mol. The van der Waals surface area contributed by atoms with E-state index in [2.05, 4.69) is 5.32 Å². The van der Waals surface area contributed by atoms with E-state index in [1.807, 2.05) is 0 Å². The van der Waals surface area contributed by atoms with Crippen molar-refractivity contribution in [2.45, 2.75) is 63.3 Å². The van der Waals surface area contributed by atoms with Crippen LogP contribution in [0.2, 0.25) is 0 Å². The molecule has 2 fully saturated rings. The number of aliphatic carboxylic acids is 1. The summed E-state index contributed by atoms with van der Waals surface area (Å²) in [7, 11) is 0. The molecule has 0 aromatic heterocycles. The van der Waals surface area contributed by atoms with Gasteiger partial charge < -0.3 is 16.2 Å². The molecule has 0 saturated heterocycles. The van der Waals surface area contributed by atoms with Gasteiger partial charge in [0.1, 0.15) is 5.54 Å². The van der Waals surface area contributed by atoms with Crippen molar-refractivity contribution in [2.24, 2.45) is 17.6 Å². The maximum atomic E-state index is 12.4. The number of carbonyl (C=O) groups excluding carboxylic acids is 1. The van der Waals surface area contributed by atoms with E-state index in [0.717, 1.165) is 44.9 Å². The zero-order valence-electron chi connectivity index (χ0n) is 12.1. The van der Waals surface area contributed by atoms with E-state index in [-0.39, 0.29) is 11.8 Å². The topological polar surface area (TPSA) is 92.4 Å². The molecule has 0 radical (unpaired) electrons. The van der Waals surface area contributed by atoms with Crippen LogP contribution in [0.1, 0.15) is 57.8 Å². The second kappa shape index (κ2) is 6.57. The van der Waals surface area contributed by atoms with Gasteiger partial charge in [-0.2, -0.15) is 0 Å². The van der Waals surface area contributed by atoms with Gasteiger partial charge in [0.15, 0.2) is 0 Å². The summed E-state index contributed by atoms with van der Waals surface area (Å²) in [4.78, 5) is 23.9. The summed E-state index contributed by atoms with van der Waals surface area (Å²) in [6, 6.07) is 0. The fraction of sp³-hybridized carbons (Fsp3) is 0.867. The summed E-state index contributed by atoms with van der Waals surface area (Å²) < 4.78 is 0. The number of nitrogens with two attached hydrogens (primary N) is 1. The maximum absolute atomic E-state index is 12.4. The Morgan fingerprint density at radius 2 is 1.70 bits per heavy atom. The lowest BCUT2D eigenvalue weighted by molar-refractivity contribution is -0.150. The number of carboxylic acid groups (broad SMARTS) is 1. The minimum absolute atomic E-state index is 0.0315. The molecule has 2 aliphatic rings. The van der Waals surface area contributed by atoms with Crippen LogP contribution >= 0.6 is 0 Å². The third-order valence-corrected chi connectivity index (χ3v) is 5.03. The van der Waals surface area contributed by atoms with Crippen LogP contribution in [0.25, 0.3) is 0 Å². The largest absolute Gasteiger partial charge is 0.480 e. The third kappa shape index (κ3) is 3.32. The highest BCUT2D eigenvalue weighted by Gasteiger charge is 2.42. The lowest BCUT2D eigenvalue weighted by Crippen LogP contribution is -2.57. The first-order valence-corrected chi connectivity index (χ1v) is 7.83. The van der Waals surface area contributed by atoms with Crippen molar-refractivity contribution in [3.8, 4) is 0 Å². The van der Waals surface area contributed by atoms with Crippen molar-refractivity contribution >= 4 is 11.9 Å². The Labute approximate surface area is 120 Å². The molecule has 0 unspecified atom stereocenters. The SMILES string of the molecule is NCC1CCC(C(=O)NC2(C(=O)O)CCCCC2)CC1. The fourth-order valence-corrected chi connectivity index (χ4v) is 3.55. The van der Waals surface area contributed by atoms with Crippen LogP contribution in [-0.2, 0) is 9.59 Å². The standard InChI is InChI=1S/C15H26N2O3/c16-10-11-4-6-12(7-5-11)13(18)17-15(14(19)20)8-2-1-3-9-15/h11-12H,1-10,16H2,(H,17,18)(H,19,20). The van der Waals surface area contributed by atoms with Crippen LogP contribution in [0.4, 0.5) is 0 Å². The van der Waals surface area contributed by atoms with Crippen molar-refractivity contribution in [3.63, 3.8) is 0 Å². The minimum atomic E-state index is -1.01. The van der Waals surface area contributed by atoms with Crippen molar-refractivity contribution in [3.05, 3.63) is 0 Å². The van der Waals surface area contributed by atoms with E-state index in [9.17, 15) is 14.7 Å². The molecule has 0 spiro atoms. The monoisotopic (exact) mass is 282 g/mol. The predicted octanol–water partition coefficient (Wildman–Crippen LogP) is 1.66. The molecule has 2 rings (SSSR count). The number of carboxylic acids is 1. The van der Waals surface area contributed by atoms with Gasteiger partial charge in [-0.05, 0) is 51.0 Å². The summed E-state index contributed by atoms with van der Waals surface area (Å²) in [5.74, 6) is -0.441. The molecule has 2 aliphatic carbocycles. The Kier molecular flexibility index (Phi) is 5.02. The molecule has 114 valence electrons. The lowest BCUT2D eigenvalue weighted by atomic mass is 9.79. The summed E-state index contributed by atoms with van der Waals surface area (Å²) in [5, 5.41) is 12.3. The second-order valence-corrected chi connectivity index (χ2v) is 6.39. The number of hydrogen-bond acceptors (Lipinski definition) is 3. The van der Waals surface area contributed by atoms with Gasteiger partial charge in [-0.1, -0.05) is 19.3 Å². The quantitative estimate of drug-likeness (QED) is 0.731. The molecule has 0 heterocycles. The van der Waals surface area contributed by atoms with Crippen molar-refractivity contribution < 1.29 is 14.7 Å². The molecule has 5 nitrogen and oxygen atoms in total. The molecule has 0 atom stereocenters. The number of amides is 1. The summed E-state index contributed by atoms with van der Waals surface area (Å²) in [5.41, 5.74) is 4.64. The molecule has 20 heavy (non-hydrogen) atoms. The average Bonchev–Trinajstić information content (AvgIpc) is 2.48. The zero-order valence-corrected chi connectivity index (χ0v) is 12.1. The van der Waals surface area contributed by atoms with Gasteiger partial charge in [0.2, 0.25) is 5.91 Å². The van der Waals surface area contributed by atoms with Crippen LogP contribution in [0.15, 0.2) is 0 Å². The number of nitrogens with one attached hydrogen (secondary N) is 1. The number of rotatable bonds is 4. The van der Waals surface area contributed by atoms with Crippen LogP contribution in [0.3, 0.4) is 0 Å². The molecule has 0 aromatic rings. The molecule has 5 heteroatoms. The van der Waals surface area contributed by atoms with E-state index in [0.29, 0.717) is 25.3 Å². The number of carbonyl (C=O) groups is 2. The summed E-state index contributed by atoms with van der Waals surface area (Å²) in [6.45, 7) is 0.688. The Morgan fingerprint density at radius 3 is 2.20 bits per heavy atom. The first kappa shape index (κ1) is 15.3. The highest BCUT2D eigenvalue weighted by atomic mass is 16.4. The normalized spacial score (nSPS) is 29.6. The van der Waals surface area contributed by atoms with Gasteiger partial charge in [0, 0.05) is 5.92 Å². The highest BCUT2D eigenvalue weighted by molar-refractivity contribution is 5.88. The Bertz CT molecular complexity index is 356. The van der Waals surface area contributed by atoms with E-state index < -0.39 is 11.5 Å². The number of hydrogen-bond donors (Lipinski definition) is 3. The first-order chi connectivity index (χ1) is 9.57. The van der Waals surface area contributed by atoms with E-state index in [4.69, 9.17) is 5.73 Å². The van der Waals surface area contributed by atoms with Crippen molar-refractivity contribution in [2.75, 3.05) is 6.54 Å². The van der Waals surface area contributed by atoms with Crippen LogP contribution in [0.5, 0.6) is 0 Å². The smallest absolute Gasteiger partial charge is 0.329 e. The van der Waals surface area contributed by atoms with Gasteiger partial charge in [-0.3, -0.25) is 4.79 Å². The highest BCUT2D eigenvalue weighted by Crippen LogP contribution is 2.32. The van der Waals surface area contributed by atoms with Gasteiger partial charge in [0.05, 0.1) is 0 Å². The zero-order chi connectivity index (χ0) is 14.6. The van der Waals surface area contributed by atoms with Crippen LogP contribution in [-0.4, -0.2) is 29.1 Å². The summed E-state index contributed by atoms with van der Waals surface area (Å²) >= 11 is 0. The van der Waals surface area contributed by atoms with Gasteiger partial charge in [0.25, 0.3) is 0 Å². The molecule has 0 bridgehead atoms. The van der Waals surface area contributed by atoms with E-state index in [1.54, 1.807) is 0 Å². The van der Waals surface area contributed by atoms with Crippen LogP contribution < -0.4 is 11.1 Å². The van der Waals surface area contributed by atoms with Gasteiger partial charge in [-0.15, -0.1) is 0 Å². The summed E-state index contributed by atoms with van der Waals surface area (Å²) in [6.07, 6.45) is 7.58. The van der Waals surface area contributed by atoms with Gasteiger partial charge >= 0.3 is 5.97 Å². The molecular formula is C15H26N2O3. The third-order valence-electron chi connectivity index (χ3n) is 5.03. The molecular weight excluding hydrogens is 256 g/mol. The van der Waals surface area contributed by atoms with E-state index >= 15 is 0 Å². The minimum Gasteiger partial charge on any atom is -0.480 e. The molecule has 2 saturated carbocycles. The fourth-order valence-electron chi connectivity index (χ4n) is 3.55. The Morgan fingerprint density at radius 1 is 1.10 bits per heavy atom. The molecule has 4 N–H and O–H groups in total. The Hall–Kier alpha value is -1.10. The maximum Gasteiger partial charge on any atom is 0.329 e. The van der Waals surface area contributed by atoms with Gasteiger partial charge in [-0.25, -0.2) is 4.79 Å². The predicted molar refractivity (Wildman–Crippen MR) is 76.1 cm³/mol. The Balaban J connectivity index is 1.94. The lowest BCUT2D eigenvalue weighted by Gasteiger charge is -2.36. The van der Waals surface area contributed by atoms with Crippen molar-refractivity contribution in [1.29, 1.82) is 0 Å². The van der Waals surface area contributed by atoms with Crippen molar-refractivity contribution in [1.82, 2.24) is 5.32 Å². The second-order valence-electron chi connectivity index (χ2n) is 6.39. The van der Waals surface area contributed by atoms with E-state index in [1.165, 1.54) is 0 Å². The molecule has 0 aromatic carbocycles. The molecule has 0 aliphatic heterocycles.